The number of carbonyl (C=O) groups is 1. The van der Waals surface area contributed by atoms with Gasteiger partial charge in [-0.2, -0.15) is 0 Å². The van der Waals surface area contributed by atoms with Gasteiger partial charge in [-0.05, 0) is 27.7 Å². The van der Waals surface area contributed by atoms with Gasteiger partial charge in [0.2, 0.25) is 11.1 Å². The molecule has 1 aromatic heterocycles. The molecule has 0 aliphatic carbocycles. The molecule has 0 radical (unpaired) electrons. The lowest BCUT2D eigenvalue weighted by molar-refractivity contribution is -0.129. The summed E-state index contributed by atoms with van der Waals surface area (Å²) in [5.74, 6) is 0.790. The number of rotatable bonds is 7. The van der Waals surface area contributed by atoms with Crippen molar-refractivity contribution in [1.29, 1.82) is 0 Å². The molecule has 0 saturated carbocycles. The Morgan fingerprint density at radius 2 is 2.04 bits per heavy atom. The Balaban J connectivity index is 2.04. The molecule has 1 aromatic carbocycles. The lowest BCUT2D eigenvalue weighted by atomic mass is 10.1. The number of amides is 1. The number of hydrogen-bond acceptors (Lipinski definition) is 4. The van der Waals surface area contributed by atoms with E-state index in [1.54, 1.807) is 4.90 Å². The fourth-order valence-corrected chi connectivity index (χ4v) is 3.09. The third kappa shape index (κ3) is 4.71. The predicted molar refractivity (Wildman–Crippen MR) is 98.9 cm³/mol. The van der Waals surface area contributed by atoms with Crippen molar-refractivity contribution in [1.82, 2.24) is 20.1 Å². The number of aromatic nitrogens is 3. The quantitative estimate of drug-likeness (QED) is 0.615. The van der Waals surface area contributed by atoms with E-state index >= 15 is 0 Å². The van der Waals surface area contributed by atoms with Gasteiger partial charge in [0, 0.05) is 18.7 Å². The second-order valence-corrected chi connectivity index (χ2v) is 7.21. The number of H-pyrrole nitrogens is 1. The monoisotopic (exact) mass is 344 g/mol. The Labute approximate surface area is 147 Å². The van der Waals surface area contributed by atoms with E-state index in [0.29, 0.717) is 24.1 Å². The molecule has 1 N–H and O–H groups in total. The summed E-state index contributed by atoms with van der Waals surface area (Å²) in [6.07, 6.45) is 0. The largest absolute Gasteiger partial charge is 0.338 e. The summed E-state index contributed by atoms with van der Waals surface area (Å²) in [5, 5.41) is 7.50. The maximum atomic E-state index is 12.5. The van der Waals surface area contributed by atoms with E-state index in [1.807, 2.05) is 52.0 Å². The van der Waals surface area contributed by atoms with Crippen LogP contribution in [0.15, 0.2) is 41.6 Å². The molecule has 1 atom stereocenters. The summed E-state index contributed by atoms with van der Waals surface area (Å²) in [5.41, 5.74) is 3.16. The molecule has 5 nitrogen and oxygen atoms in total. The normalized spacial score (nSPS) is 12.0. The Morgan fingerprint density at radius 3 is 2.62 bits per heavy atom. The molecule has 2 aromatic rings. The van der Waals surface area contributed by atoms with Crippen LogP contribution < -0.4 is 0 Å². The lowest BCUT2D eigenvalue weighted by Crippen LogP contribution is -2.37. The van der Waals surface area contributed by atoms with Gasteiger partial charge in [0.15, 0.2) is 5.82 Å². The Hall–Kier alpha value is -2.08. The topological polar surface area (TPSA) is 61.9 Å². The number of aryl methyl sites for hydroxylation is 1. The van der Waals surface area contributed by atoms with Gasteiger partial charge in [0.25, 0.3) is 0 Å². The second kappa shape index (κ2) is 8.15. The molecule has 128 valence electrons. The average molecular weight is 344 g/mol. The zero-order valence-corrected chi connectivity index (χ0v) is 15.5. The first-order valence-electron chi connectivity index (χ1n) is 8.00. The van der Waals surface area contributed by atoms with Crippen molar-refractivity contribution in [2.45, 2.75) is 38.1 Å². The average Bonchev–Trinajstić information content (AvgIpc) is 3.00. The number of nitrogens with one attached hydrogen (secondary N) is 1. The maximum absolute atomic E-state index is 12.5. The number of benzene rings is 1. The molecule has 0 unspecified atom stereocenters. The van der Waals surface area contributed by atoms with Crippen LogP contribution in [0.5, 0.6) is 0 Å². The zero-order chi connectivity index (χ0) is 17.7. The molecule has 0 bridgehead atoms. The summed E-state index contributed by atoms with van der Waals surface area (Å²) in [4.78, 5) is 18.8. The van der Waals surface area contributed by atoms with Crippen molar-refractivity contribution in [3.63, 3.8) is 0 Å². The predicted octanol–water partition coefficient (Wildman–Crippen LogP) is 3.69. The standard InChI is InChI=1S/C18H24N4OS/c1-6-22(11-12(2)3)17(23)14(5)24-18-19-16(20-21-18)15-9-7-13(4)8-10-15/h7-10,14H,2,6,11H2,1,3-5H3,(H,19,20,21)/t14-/m1/s1. The number of aromatic amines is 1. The second-order valence-electron chi connectivity index (χ2n) is 5.90. The van der Waals surface area contributed by atoms with Crippen LogP contribution in [0.1, 0.15) is 26.3 Å². The Morgan fingerprint density at radius 1 is 1.38 bits per heavy atom. The maximum Gasteiger partial charge on any atom is 0.236 e. The number of hydrogen-bond donors (Lipinski definition) is 1. The highest BCUT2D eigenvalue weighted by Gasteiger charge is 2.22. The minimum Gasteiger partial charge on any atom is -0.338 e. The van der Waals surface area contributed by atoms with Crippen molar-refractivity contribution in [2.75, 3.05) is 13.1 Å². The van der Waals surface area contributed by atoms with E-state index in [-0.39, 0.29) is 11.2 Å². The third-order valence-electron chi connectivity index (χ3n) is 3.57. The molecule has 0 aliphatic heterocycles. The summed E-state index contributed by atoms with van der Waals surface area (Å²) < 4.78 is 0. The van der Waals surface area contributed by atoms with Crippen molar-refractivity contribution >= 4 is 17.7 Å². The van der Waals surface area contributed by atoms with Gasteiger partial charge in [0.05, 0.1) is 5.25 Å². The van der Waals surface area contributed by atoms with Gasteiger partial charge in [-0.1, -0.05) is 53.7 Å². The SMILES string of the molecule is C=C(C)CN(CC)C(=O)[C@@H](C)Sc1n[nH]c(-c2ccc(C)cc2)n1. The smallest absolute Gasteiger partial charge is 0.236 e. The molecule has 6 heteroatoms. The van der Waals surface area contributed by atoms with Gasteiger partial charge >= 0.3 is 0 Å². The minimum atomic E-state index is -0.244. The molecular formula is C18H24N4OS. The number of nitrogens with zero attached hydrogens (tertiary/aromatic N) is 3. The van der Waals surface area contributed by atoms with Gasteiger partial charge in [0.1, 0.15) is 0 Å². The molecule has 1 amide bonds. The number of likely N-dealkylation sites (N-methyl/N-ethyl adjacent to an activating group) is 1. The highest BCUT2D eigenvalue weighted by Crippen LogP contribution is 2.24. The summed E-state index contributed by atoms with van der Waals surface area (Å²) in [6, 6.07) is 8.08. The Bertz CT molecular complexity index is 708. The highest BCUT2D eigenvalue weighted by molar-refractivity contribution is 8.00. The molecule has 0 saturated heterocycles. The summed E-state index contributed by atoms with van der Waals surface area (Å²) >= 11 is 1.37. The third-order valence-corrected chi connectivity index (χ3v) is 4.52. The molecule has 0 aliphatic rings. The fourth-order valence-electron chi connectivity index (χ4n) is 2.28. The molecular weight excluding hydrogens is 320 g/mol. The molecule has 24 heavy (non-hydrogen) atoms. The summed E-state index contributed by atoms with van der Waals surface area (Å²) in [7, 11) is 0. The van der Waals surface area contributed by atoms with Crippen LogP contribution in [0.25, 0.3) is 11.4 Å². The van der Waals surface area contributed by atoms with E-state index in [4.69, 9.17) is 0 Å². The van der Waals surface area contributed by atoms with E-state index in [0.717, 1.165) is 11.1 Å². The van der Waals surface area contributed by atoms with Crippen molar-refractivity contribution in [2.24, 2.45) is 0 Å². The first-order valence-corrected chi connectivity index (χ1v) is 8.88. The first kappa shape index (κ1) is 18.3. The van der Waals surface area contributed by atoms with Crippen LogP contribution in [0.4, 0.5) is 0 Å². The van der Waals surface area contributed by atoms with Gasteiger partial charge in [-0.3, -0.25) is 9.89 Å². The van der Waals surface area contributed by atoms with Gasteiger partial charge in [-0.15, -0.1) is 5.10 Å². The van der Waals surface area contributed by atoms with Crippen LogP contribution in [0.3, 0.4) is 0 Å². The molecule has 2 rings (SSSR count). The van der Waals surface area contributed by atoms with Crippen LogP contribution in [-0.4, -0.2) is 44.3 Å². The van der Waals surface area contributed by atoms with Crippen LogP contribution in [0, 0.1) is 6.92 Å². The van der Waals surface area contributed by atoms with Crippen LogP contribution in [0.2, 0.25) is 0 Å². The van der Waals surface area contributed by atoms with Gasteiger partial charge in [-0.25, -0.2) is 4.98 Å². The van der Waals surface area contributed by atoms with E-state index < -0.39 is 0 Å². The Kier molecular flexibility index (Phi) is 6.20. The zero-order valence-electron chi connectivity index (χ0n) is 14.7. The molecule has 0 spiro atoms. The van der Waals surface area contributed by atoms with E-state index in [1.165, 1.54) is 17.3 Å². The fraction of sp³-hybridized carbons (Fsp3) is 0.389. The lowest BCUT2D eigenvalue weighted by Gasteiger charge is -2.23. The summed E-state index contributed by atoms with van der Waals surface area (Å²) in [6.45, 7) is 13.0. The number of carbonyl (C=O) groups excluding carboxylic acids is 1. The van der Waals surface area contributed by atoms with Crippen LogP contribution >= 0.6 is 11.8 Å². The molecule has 0 fully saturated rings. The van der Waals surface area contributed by atoms with Crippen molar-refractivity contribution < 1.29 is 4.79 Å². The minimum absolute atomic E-state index is 0.0761. The number of thioether (sulfide) groups is 1. The molecule has 1 heterocycles. The van der Waals surface area contributed by atoms with Crippen molar-refractivity contribution in [3.8, 4) is 11.4 Å². The van der Waals surface area contributed by atoms with E-state index in [2.05, 4.69) is 21.8 Å². The van der Waals surface area contributed by atoms with Crippen LogP contribution in [-0.2, 0) is 4.79 Å². The highest BCUT2D eigenvalue weighted by atomic mass is 32.2. The van der Waals surface area contributed by atoms with E-state index in [9.17, 15) is 4.79 Å². The van der Waals surface area contributed by atoms with Crippen molar-refractivity contribution in [3.05, 3.63) is 42.0 Å². The first-order chi connectivity index (χ1) is 11.4. The van der Waals surface area contributed by atoms with Gasteiger partial charge < -0.3 is 4.90 Å².